The normalized spacial score (nSPS) is 18.8. The van der Waals surface area contributed by atoms with Gasteiger partial charge in [-0.2, -0.15) is 5.10 Å². The van der Waals surface area contributed by atoms with Crippen LogP contribution in [-0.2, 0) is 4.79 Å². The van der Waals surface area contributed by atoms with Gasteiger partial charge in [-0.15, -0.1) is 4.68 Å². The Morgan fingerprint density at radius 3 is 2.94 bits per heavy atom. The lowest BCUT2D eigenvalue weighted by Gasteiger charge is -2.19. The number of halogens is 3. The zero-order chi connectivity index (χ0) is 23.7. The number of aromatic amines is 1. The Labute approximate surface area is 200 Å². The number of nitrogens with one attached hydrogen (secondary N) is 3. The van der Waals surface area contributed by atoms with Gasteiger partial charge in [-0.1, -0.05) is 23.2 Å². The molecule has 33 heavy (non-hydrogen) atoms. The Morgan fingerprint density at radius 1 is 1.39 bits per heavy atom. The van der Waals surface area contributed by atoms with Crippen LogP contribution in [0.5, 0.6) is 5.75 Å². The second-order valence-electron chi connectivity index (χ2n) is 7.85. The monoisotopic (exact) mass is 493 g/mol. The molecule has 8 nitrogen and oxygen atoms in total. The van der Waals surface area contributed by atoms with Gasteiger partial charge < -0.3 is 15.8 Å². The third-order valence-electron chi connectivity index (χ3n) is 5.72. The summed E-state index contributed by atoms with van der Waals surface area (Å²) in [5.74, 6) is -0.0947. The fraction of sp³-hybridized carbons (Fsp3) is 0.318. The number of pyridine rings is 1. The molecule has 4 rings (SSSR count). The van der Waals surface area contributed by atoms with Crippen LogP contribution in [0.2, 0.25) is 10.0 Å². The quantitative estimate of drug-likeness (QED) is 0.311. The van der Waals surface area contributed by atoms with Crippen LogP contribution in [-0.4, -0.2) is 35.6 Å². The van der Waals surface area contributed by atoms with E-state index in [0.717, 1.165) is 11.1 Å². The number of likely N-dealkylation sites (N-methyl/N-ethyl adjacent to an activating group) is 1. The molecular formula is C22H24Cl2FN6O2+. The van der Waals surface area contributed by atoms with Gasteiger partial charge in [0.05, 0.1) is 29.4 Å². The van der Waals surface area contributed by atoms with Crippen LogP contribution in [0.25, 0.3) is 11.1 Å². The molecule has 5 N–H and O–H groups in total. The summed E-state index contributed by atoms with van der Waals surface area (Å²) in [6.07, 6.45) is 5.43. The summed E-state index contributed by atoms with van der Waals surface area (Å²) in [5, 5.41) is 9.30. The molecule has 3 aromatic rings. The smallest absolute Gasteiger partial charge is 0.237 e. The van der Waals surface area contributed by atoms with Gasteiger partial charge >= 0.3 is 0 Å². The van der Waals surface area contributed by atoms with Gasteiger partial charge in [0.15, 0.2) is 17.6 Å². The van der Waals surface area contributed by atoms with Crippen molar-refractivity contribution in [2.75, 3.05) is 19.3 Å². The number of aromatic nitrogens is 3. The van der Waals surface area contributed by atoms with E-state index < -0.39 is 11.9 Å². The first-order chi connectivity index (χ1) is 15.8. The van der Waals surface area contributed by atoms with Gasteiger partial charge in [-0.05, 0) is 25.1 Å². The van der Waals surface area contributed by atoms with Crippen molar-refractivity contribution in [1.29, 1.82) is 0 Å². The molecule has 3 heterocycles. The van der Waals surface area contributed by atoms with E-state index in [-0.39, 0.29) is 28.8 Å². The van der Waals surface area contributed by atoms with Crippen LogP contribution in [0.15, 0.2) is 36.8 Å². The molecule has 0 aliphatic carbocycles. The number of nitrogens with zero attached hydrogens (tertiary/aromatic N) is 2. The third kappa shape index (κ3) is 4.75. The summed E-state index contributed by atoms with van der Waals surface area (Å²) < 4.78 is 21.9. The molecule has 0 spiro atoms. The molecular weight excluding hydrogens is 470 g/mol. The van der Waals surface area contributed by atoms with E-state index in [1.165, 1.54) is 12.1 Å². The van der Waals surface area contributed by atoms with Gasteiger partial charge in [0, 0.05) is 35.8 Å². The molecule has 0 saturated carbocycles. The first-order valence-corrected chi connectivity index (χ1v) is 11.1. The van der Waals surface area contributed by atoms with Gasteiger partial charge in [0.25, 0.3) is 0 Å². The van der Waals surface area contributed by atoms with E-state index in [1.807, 2.05) is 17.1 Å². The predicted molar refractivity (Wildman–Crippen MR) is 124 cm³/mol. The summed E-state index contributed by atoms with van der Waals surface area (Å²) >= 11 is 12.3. The first kappa shape index (κ1) is 23.3. The van der Waals surface area contributed by atoms with Crippen LogP contribution in [0.1, 0.15) is 31.1 Å². The Morgan fingerprint density at radius 2 is 2.18 bits per heavy atom. The fourth-order valence-electron chi connectivity index (χ4n) is 3.91. The van der Waals surface area contributed by atoms with E-state index in [0.29, 0.717) is 29.3 Å². The molecule has 2 aromatic heterocycles. The van der Waals surface area contributed by atoms with Crippen molar-refractivity contribution in [2.45, 2.75) is 31.5 Å². The molecule has 1 saturated heterocycles. The number of hydrogen-bond acceptors (Lipinski definition) is 5. The van der Waals surface area contributed by atoms with E-state index in [1.54, 1.807) is 26.2 Å². The van der Waals surface area contributed by atoms with Crippen molar-refractivity contribution in [1.82, 2.24) is 20.7 Å². The average molecular weight is 494 g/mol. The molecule has 0 bridgehead atoms. The van der Waals surface area contributed by atoms with Crippen molar-refractivity contribution < 1.29 is 18.6 Å². The van der Waals surface area contributed by atoms with Gasteiger partial charge in [0.2, 0.25) is 12.1 Å². The molecule has 3 unspecified atom stereocenters. The van der Waals surface area contributed by atoms with Crippen LogP contribution in [0.4, 0.5) is 10.2 Å². The van der Waals surface area contributed by atoms with Gasteiger partial charge in [0.1, 0.15) is 11.9 Å². The number of nitrogen functional groups attached to an aromatic ring is 1. The lowest BCUT2D eigenvalue weighted by Crippen LogP contribution is -2.41. The molecule has 174 valence electrons. The molecule has 1 fully saturated rings. The van der Waals surface area contributed by atoms with Crippen molar-refractivity contribution in [2.24, 2.45) is 0 Å². The molecule has 1 amide bonds. The number of amides is 1. The summed E-state index contributed by atoms with van der Waals surface area (Å²) in [6, 6.07) is 4.28. The summed E-state index contributed by atoms with van der Waals surface area (Å²) in [7, 11) is 1.63. The van der Waals surface area contributed by atoms with Crippen molar-refractivity contribution in [3.8, 4) is 16.9 Å². The van der Waals surface area contributed by atoms with Crippen molar-refractivity contribution in [3.05, 3.63) is 58.2 Å². The minimum atomic E-state index is -0.664. The van der Waals surface area contributed by atoms with Gasteiger partial charge in [-0.25, -0.2) is 9.37 Å². The topological polar surface area (TPSA) is 109 Å². The number of H-pyrrole nitrogens is 1. The van der Waals surface area contributed by atoms with E-state index in [2.05, 4.69) is 20.7 Å². The number of ether oxygens (including phenoxy) is 1. The van der Waals surface area contributed by atoms with Crippen LogP contribution in [0.3, 0.4) is 0 Å². The molecule has 3 atom stereocenters. The maximum atomic E-state index is 13.9. The maximum Gasteiger partial charge on any atom is 0.237 e. The molecule has 1 aromatic carbocycles. The summed E-state index contributed by atoms with van der Waals surface area (Å²) in [4.78, 5) is 16.1. The standard InChI is InChI=1S/C22H23Cl2FN6O2/c1-11(19-15(23)3-4-16(25)20(19)24)33-18-5-12(7-29-21(18)26)13-8-30-31(10-13)14-6-17(28-9-14)22(32)27-2/h3-5,7-8,10-11,14,17,28H,6,9H2,1-2H3,(H3,26,27,29,32)/p+1. The largest absolute Gasteiger partial charge is 0.482 e. The number of carbonyl (C=O) groups excluding carboxylic acids is 1. The van der Waals surface area contributed by atoms with Crippen molar-refractivity contribution in [3.63, 3.8) is 0 Å². The third-order valence-corrected chi connectivity index (χ3v) is 6.43. The molecule has 0 radical (unpaired) electrons. The summed E-state index contributed by atoms with van der Waals surface area (Å²) in [6.45, 7) is 2.38. The van der Waals surface area contributed by atoms with Crippen LogP contribution < -0.4 is 25.8 Å². The van der Waals surface area contributed by atoms with E-state index >= 15 is 0 Å². The number of carbonyl (C=O) groups is 1. The highest BCUT2D eigenvalue weighted by Gasteiger charge is 2.35. The lowest BCUT2D eigenvalue weighted by atomic mass is 10.1. The lowest BCUT2D eigenvalue weighted by molar-refractivity contribution is -0.770. The SMILES string of the molecule is CNC(=O)C1CC([n+]2cc(-c3cnc(N)c(OC(C)c4c(Cl)ccc(F)c4Cl)c3)c[nH]2)CN1. The maximum absolute atomic E-state index is 13.9. The average Bonchev–Trinajstić information content (AvgIpc) is 3.47. The Balaban J connectivity index is 1.54. The van der Waals surface area contributed by atoms with Crippen molar-refractivity contribution >= 4 is 34.9 Å². The number of anilines is 1. The Hall–Kier alpha value is -2.88. The fourth-order valence-corrected chi connectivity index (χ4v) is 4.59. The van der Waals surface area contributed by atoms with E-state index in [9.17, 15) is 9.18 Å². The van der Waals surface area contributed by atoms with Crippen LogP contribution >= 0.6 is 23.2 Å². The number of hydrogen-bond donors (Lipinski definition) is 4. The molecule has 1 aliphatic rings. The Kier molecular flexibility index (Phi) is 6.73. The number of nitrogens with two attached hydrogens (primary N) is 1. The van der Waals surface area contributed by atoms with Crippen LogP contribution in [0, 0.1) is 5.82 Å². The number of benzene rings is 1. The summed E-state index contributed by atoms with van der Waals surface area (Å²) in [5.41, 5.74) is 8.00. The van der Waals surface area contributed by atoms with Gasteiger partial charge in [-0.3, -0.25) is 10.1 Å². The predicted octanol–water partition coefficient (Wildman–Crippen LogP) is 3.18. The Bertz CT molecular complexity index is 1190. The minimum absolute atomic E-state index is 0.0259. The minimum Gasteiger partial charge on any atom is -0.482 e. The zero-order valence-corrected chi connectivity index (χ0v) is 19.5. The molecule has 11 heteroatoms. The molecule has 1 aliphatic heterocycles. The highest BCUT2D eigenvalue weighted by molar-refractivity contribution is 6.36. The zero-order valence-electron chi connectivity index (χ0n) is 18.0. The highest BCUT2D eigenvalue weighted by atomic mass is 35.5. The van der Waals surface area contributed by atoms with E-state index in [4.69, 9.17) is 33.7 Å². The second-order valence-corrected chi connectivity index (χ2v) is 8.64. The highest BCUT2D eigenvalue weighted by Crippen LogP contribution is 2.36. The second kappa shape index (κ2) is 9.54. The first-order valence-electron chi connectivity index (χ1n) is 10.4. The number of rotatable bonds is 6.